The summed E-state index contributed by atoms with van der Waals surface area (Å²) in [5.41, 5.74) is 0.557. The zero-order chi connectivity index (χ0) is 15.8. The second kappa shape index (κ2) is 6.13. The lowest BCUT2D eigenvalue weighted by atomic mass is 9.93. The number of hydrogen-bond acceptors (Lipinski definition) is 4. The largest absolute Gasteiger partial charge is 0.508 e. The molecule has 3 aliphatic rings. The molecule has 23 heavy (non-hydrogen) atoms. The van der Waals surface area contributed by atoms with Crippen LogP contribution in [0, 0.1) is 11.8 Å². The van der Waals surface area contributed by atoms with Crippen molar-refractivity contribution in [1.82, 2.24) is 9.80 Å². The van der Waals surface area contributed by atoms with Crippen LogP contribution in [0.5, 0.6) is 5.75 Å². The number of ether oxygens (including phenoxy) is 1. The summed E-state index contributed by atoms with van der Waals surface area (Å²) in [6.45, 7) is 5.81. The third-order valence-electron chi connectivity index (χ3n) is 5.51. The number of phenolic OH excluding ortho intramolecular Hbond substituents is 1. The van der Waals surface area contributed by atoms with Crippen LogP contribution in [-0.2, 0) is 4.74 Å². The van der Waals surface area contributed by atoms with Crippen molar-refractivity contribution in [3.8, 4) is 5.75 Å². The Morgan fingerprint density at radius 2 is 2.09 bits per heavy atom. The predicted octanol–water partition coefficient (Wildman–Crippen LogP) is 1.57. The number of benzene rings is 1. The summed E-state index contributed by atoms with van der Waals surface area (Å²) in [6, 6.07) is 6.61. The molecule has 0 aliphatic carbocycles. The van der Waals surface area contributed by atoms with E-state index in [0.717, 1.165) is 19.7 Å². The van der Waals surface area contributed by atoms with Crippen molar-refractivity contribution >= 4 is 5.91 Å². The fourth-order valence-corrected chi connectivity index (χ4v) is 4.27. The standard InChI is InChI=1S/C18H24N2O3/c21-15-5-3-4-13(8-15)18(22)20-10-16-14(12-23-17(16)11-20)9-19-6-1-2-7-19/h3-5,8,14,16-17,21H,1-2,6-7,9-12H2/t14-,16+,17+/m0/s1. The van der Waals surface area contributed by atoms with Gasteiger partial charge in [0.05, 0.1) is 12.7 Å². The van der Waals surface area contributed by atoms with Crippen LogP contribution in [0.15, 0.2) is 24.3 Å². The zero-order valence-electron chi connectivity index (χ0n) is 13.4. The molecule has 0 radical (unpaired) electrons. The van der Waals surface area contributed by atoms with Crippen LogP contribution in [0.25, 0.3) is 0 Å². The first-order valence-electron chi connectivity index (χ1n) is 8.63. The number of rotatable bonds is 3. The molecule has 124 valence electrons. The van der Waals surface area contributed by atoms with E-state index in [0.29, 0.717) is 23.9 Å². The van der Waals surface area contributed by atoms with E-state index in [9.17, 15) is 9.90 Å². The predicted molar refractivity (Wildman–Crippen MR) is 86.4 cm³/mol. The Labute approximate surface area is 136 Å². The molecule has 3 heterocycles. The molecule has 0 aromatic heterocycles. The maximum atomic E-state index is 12.6. The first-order chi connectivity index (χ1) is 11.2. The van der Waals surface area contributed by atoms with Crippen LogP contribution in [0.1, 0.15) is 23.2 Å². The van der Waals surface area contributed by atoms with Gasteiger partial charge in [0.25, 0.3) is 5.91 Å². The Bertz CT molecular complexity index is 585. The van der Waals surface area contributed by atoms with E-state index in [1.54, 1.807) is 24.3 Å². The van der Waals surface area contributed by atoms with Gasteiger partial charge in [0, 0.05) is 37.0 Å². The number of fused-ring (bicyclic) bond motifs is 1. The van der Waals surface area contributed by atoms with Crippen molar-refractivity contribution in [3.63, 3.8) is 0 Å². The normalized spacial score (nSPS) is 30.8. The number of amides is 1. The average Bonchev–Trinajstić information content (AvgIpc) is 3.25. The Balaban J connectivity index is 1.41. The van der Waals surface area contributed by atoms with E-state index in [1.165, 1.54) is 25.9 Å². The molecule has 1 N–H and O–H groups in total. The van der Waals surface area contributed by atoms with Crippen molar-refractivity contribution in [2.24, 2.45) is 11.8 Å². The molecular formula is C18H24N2O3. The van der Waals surface area contributed by atoms with Crippen LogP contribution in [0.2, 0.25) is 0 Å². The third-order valence-corrected chi connectivity index (χ3v) is 5.51. The second-order valence-corrected chi connectivity index (χ2v) is 7.06. The minimum absolute atomic E-state index is 0.00109. The zero-order valence-corrected chi connectivity index (χ0v) is 13.4. The van der Waals surface area contributed by atoms with E-state index in [-0.39, 0.29) is 17.8 Å². The average molecular weight is 316 g/mol. The molecule has 0 bridgehead atoms. The maximum Gasteiger partial charge on any atom is 0.254 e. The van der Waals surface area contributed by atoms with Crippen molar-refractivity contribution in [2.45, 2.75) is 18.9 Å². The number of likely N-dealkylation sites (tertiary alicyclic amines) is 2. The Hall–Kier alpha value is -1.59. The quantitative estimate of drug-likeness (QED) is 0.920. The molecule has 3 aliphatic heterocycles. The topological polar surface area (TPSA) is 53.0 Å². The number of hydrogen-bond donors (Lipinski definition) is 1. The highest BCUT2D eigenvalue weighted by Crippen LogP contribution is 2.35. The molecule has 5 heteroatoms. The van der Waals surface area contributed by atoms with Crippen LogP contribution in [-0.4, -0.2) is 66.2 Å². The highest BCUT2D eigenvalue weighted by atomic mass is 16.5. The molecule has 4 rings (SSSR count). The number of aromatic hydroxyl groups is 1. The van der Waals surface area contributed by atoms with E-state index in [1.807, 2.05) is 4.90 Å². The lowest BCUT2D eigenvalue weighted by Crippen LogP contribution is -2.34. The van der Waals surface area contributed by atoms with E-state index in [4.69, 9.17) is 4.74 Å². The Kier molecular flexibility index (Phi) is 3.99. The van der Waals surface area contributed by atoms with E-state index < -0.39 is 0 Å². The van der Waals surface area contributed by atoms with Gasteiger partial charge in [-0.05, 0) is 44.1 Å². The minimum atomic E-state index is -0.00109. The maximum absolute atomic E-state index is 12.6. The van der Waals surface area contributed by atoms with Crippen LogP contribution in [0.4, 0.5) is 0 Å². The number of carbonyl (C=O) groups is 1. The van der Waals surface area contributed by atoms with E-state index in [2.05, 4.69) is 4.90 Å². The third kappa shape index (κ3) is 2.95. The van der Waals surface area contributed by atoms with Crippen molar-refractivity contribution in [1.29, 1.82) is 0 Å². The highest BCUT2D eigenvalue weighted by molar-refractivity contribution is 5.94. The number of phenols is 1. The molecule has 1 amide bonds. The smallest absolute Gasteiger partial charge is 0.254 e. The fraction of sp³-hybridized carbons (Fsp3) is 0.611. The minimum Gasteiger partial charge on any atom is -0.508 e. The number of nitrogens with zero attached hydrogens (tertiary/aromatic N) is 2. The summed E-state index contributed by atoms with van der Waals surface area (Å²) < 4.78 is 5.97. The van der Waals surface area contributed by atoms with Gasteiger partial charge in [-0.2, -0.15) is 0 Å². The summed E-state index contributed by atoms with van der Waals surface area (Å²) in [5.74, 6) is 1.13. The first-order valence-corrected chi connectivity index (χ1v) is 8.63. The van der Waals surface area contributed by atoms with Gasteiger partial charge in [0.1, 0.15) is 5.75 Å². The summed E-state index contributed by atoms with van der Waals surface area (Å²) >= 11 is 0. The van der Waals surface area contributed by atoms with Gasteiger partial charge in [-0.3, -0.25) is 4.79 Å². The van der Waals surface area contributed by atoms with Gasteiger partial charge in [-0.25, -0.2) is 0 Å². The molecule has 0 unspecified atom stereocenters. The lowest BCUT2D eigenvalue weighted by molar-refractivity contribution is 0.0668. The first kappa shape index (κ1) is 15.0. The van der Waals surface area contributed by atoms with Crippen LogP contribution in [0.3, 0.4) is 0 Å². The molecule has 3 atom stereocenters. The van der Waals surface area contributed by atoms with Gasteiger partial charge < -0.3 is 19.6 Å². The molecule has 3 fully saturated rings. The molecule has 5 nitrogen and oxygen atoms in total. The summed E-state index contributed by atoms with van der Waals surface area (Å²) in [7, 11) is 0. The van der Waals surface area contributed by atoms with Gasteiger partial charge in [-0.15, -0.1) is 0 Å². The summed E-state index contributed by atoms with van der Waals surface area (Å²) in [6.07, 6.45) is 2.80. The van der Waals surface area contributed by atoms with Gasteiger partial charge in [0.2, 0.25) is 0 Å². The summed E-state index contributed by atoms with van der Waals surface area (Å²) in [5, 5.41) is 9.57. The Morgan fingerprint density at radius 1 is 1.26 bits per heavy atom. The highest BCUT2D eigenvalue weighted by Gasteiger charge is 2.45. The van der Waals surface area contributed by atoms with Gasteiger partial charge in [-0.1, -0.05) is 6.07 Å². The fourth-order valence-electron chi connectivity index (χ4n) is 4.27. The molecule has 0 saturated carbocycles. The van der Waals surface area contributed by atoms with Crippen LogP contribution < -0.4 is 0 Å². The van der Waals surface area contributed by atoms with Crippen LogP contribution >= 0.6 is 0 Å². The monoisotopic (exact) mass is 316 g/mol. The van der Waals surface area contributed by atoms with Gasteiger partial charge >= 0.3 is 0 Å². The summed E-state index contributed by atoms with van der Waals surface area (Å²) in [4.78, 5) is 17.1. The SMILES string of the molecule is O=C(c1cccc(O)c1)N1C[C@@H]2[C@@H](CN3CCCC3)CO[C@@H]2C1. The Morgan fingerprint density at radius 3 is 2.87 bits per heavy atom. The molecule has 1 aromatic rings. The van der Waals surface area contributed by atoms with Crippen molar-refractivity contribution in [3.05, 3.63) is 29.8 Å². The molecular weight excluding hydrogens is 292 g/mol. The van der Waals surface area contributed by atoms with Crippen molar-refractivity contribution < 1.29 is 14.6 Å². The lowest BCUT2D eigenvalue weighted by Gasteiger charge is -2.24. The van der Waals surface area contributed by atoms with Gasteiger partial charge in [0.15, 0.2) is 0 Å². The van der Waals surface area contributed by atoms with E-state index >= 15 is 0 Å². The molecule has 0 spiro atoms. The molecule has 1 aromatic carbocycles. The second-order valence-electron chi connectivity index (χ2n) is 7.06. The van der Waals surface area contributed by atoms with Crippen molar-refractivity contribution in [2.75, 3.05) is 39.3 Å². The number of carbonyl (C=O) groups excluding carboxylic acids is 1. The molecule has 3 saturated heterocycles.